The zero-order chi connectivity index (χ0) is 17.2. The molecule has 0 fully saturated rings. The zero-order valence-electron chi connectivity index (χ0n) is 13.9. The summed E-state index contributed by atoms with van der Waals surface area (Å²) < 4.78 is 5.71. The van der Waals surface area contributed by atoms with E-state index in [9.17, 15) is 4.79 Å². The highest BCUT2D eigenvalue weighted by molar-refractivity contribution is 5.89. The highest BCUT2D eigenvalue weighted by atomic mass is 16.5. The number of ether oxygens (including phenoxy) is 1. The molecule has 0 aliphatic rings. The van der Waals surface area contributed by atoms with Gasteiger partial charge in [-0.05, 0) is 42.2 Å². The van der Waals surface area contributed by atoms with Crippen molar-refractivity contribution in [2.24, 2.45) is 5.92 Å². The number of hydrogen-bond acceptors (Lipinski definition) is 3. The third kappa shape index (κ3) is 6.30. The molecule has 0 heterocycles. The molecule has 0 aliphatic heterocycles. The van der Waals surface area contributed by atoms with Crippen LogP contribution in [0.5, 0.6) is 5.75 Å². The van der Waals surface area contributed by atoms with Crippen LogP contribution in [0.4, 0.5) is 10.5 Å². The number of benzene rings is 2. The van der Waals surface area contributed by atoms with Crippen LogP contribution < -0.4 is 15.4 Å². The van der Waals surface area contributed by atoms with Crippen molar-refractivity contribution >= 4 is 11.7 Å². The molecule has 0 spiro atoms. The van der Waals surface area contributed by atoms with E-state index in [0.29, 0.717) is 25.3 Å². The van der Waals surface area contributed by atoms with E-state index in [1.807, 2.05) is 49.4 Å². The third-order valence-corrected chi connectivity index (χ3v) is 3.59. The van der Waals surface area contributed by atoms with Gasteiger partial charge in [-0.1, -0.05) is 37.3 Å². The maximum atomic E-state index is 11.8. The SMILES string of the molecule is CC(CCO)CNC(=O)Nc1ccc(OCc2ccccc2)cc1. The van der Waals surface area contributed by atoms with Crippen molar-refractivity contribution in [3.8, 4) is 5.75 Å². The van der Waals surface area contributed by atoms with Crippen LogP contribution in [0.2, 0.25) is 0 Å². The Bertz CT molecular complexity index is 614. The third-order valence-electron chi connectivity index (χ3n) is 3.59. The first-order chi connectivity index (χ1) is 11.7. The lowest BCUT2D eigenvalue weighted by Gasteiger charge is -2.12. The lowest BCUT2D eigenvalue weighted by atomic mass is 10.1. The first-order valence-electron chi connectivity index (χ1n) is 8.10. The summed E-state index contributed by atoms with van der Waals surface area (Å²) in [6.45, 7) is 3.16. The number of carbonyl (C=O) groups excluding carboxylic acids is 1. The van der Waals surface area contributed by atoms with Crippen LogP contribution in [0.3, 0.4) is 0 Å². The highest BCUT2D eigenvalue weighted by Crippen LogP contribution is 2.17. The van der Waals surface area contributed by atoms with Crippen LogP contribution in [0, 0.1) is 5.92 Å². The molecule has 5 nitrogen and oxygen atoms in total. The molecule has 2 aromatic rings. The van der Waals surface area contributed by atoms with E-state index in [1.165, 1.54) is 0 Å². The summed E-state index contributed by atoms with van der Waals surface area (Å²) in [5, 5.41) is 14.4. The standard InChI is InChI=1S/C19H24N2O3/c1-15(11-12-22)13-20-19(23)21-17-7-9-18(10-8-17)24-14-16-5-3-2-4-6-16/h2-10,15,22H,11-14H2,1H3,(H2,20,21,23). The maximum Gasteiger partial charge on any atom is 0.319 e. The Kier molecular flexibility index (Phi) is 7.11. The summed E-state index contributed by atoms with van der Waals surface area (Å²) in [7, 11) is 0. The van der Waals surface area contributed by atoms with E-state index < -0.39 is 0 Å². The number of aliphatic hydroxyl groups is 1. The van der Waals surface area contributed by atoms with Crippen molar-refractivity contribution in [3.63, 3.8) is 0 Å². The first-order valence-corrected chi connectivity index (χ1v) is 8.10. The molecule has 0 aromatic heterocycles. The Morgan fingerprint density at radius 2 is 1.83 bits per heavy atom. The molecule has 1 atom stereocenters. The van der Waals surface area contributed by atoms with E-state index in [0.717, 1.165) is 11.3 Å². The molecule has 0 radical (unpaired) electrons. The average molecular weight is 328 g/mol. The largest absolute Gasteiger partial charge is 0.489 e. The highest BCUT2D eigenvalue weighted by Gasteiger charge is 2.05. The van der Waals surface area contributed by atoms with Crippen molar-refractivity contribution in [2.45, 2.75) is 20.0 Å². The van der Waals surface area contributed by atoms with Gasteiger partial charge >= 0.3 is 6.03 Å². The molecule has 0 saturated carbocycles. The molecule has 0 saturated heterocycles. The van der Waals surface area contributed by atoms with Crippen LogP contribution in [0.25, 0.3) is 0 Å². The van der Waals surface area contributed by atoms with Gasteiger partial charge in [-0.15, -0.1) is 0 Å². The smallest absolute Gasteiger partial charge is 0.319 e. The van der Waals surface area contributed by atoms with Gasteiger partial charge in [0, 0.05) is 18.8 Å². The van der Waals surface area contributed by atoms with Gasteiger partial charge in [0.25, 0.3) is 0 Å². The second-order valence-electron chi connectivity index (χ2n) is 5.75. The Morgan fingerprint density at radius 3 is 2.50 bits per heavy atom. The van der Waals surface area contributed by atoms with Crippen molar-refractivity contribution in [3.05, 3.63) is 60.2 Å². The predicted octanol–water partition coefficient (Wildman–Crippen LogP) is 3.41. The first kappa shape index (κ1) is 17.8. The van der Waals surface area contributed by atoms with E-state index in [1.54, 1.807) is 12.1 Å². The number of aliphatic hydroxyl groups excluding tert-OH is 1. The zero-order valence-corrected chi connectivity index (χ0v) is 13.9. The fourth-order valence-electron chi connectivity index (χ4n) is 2.14. The number of nitrogens with one attached hydrogen (secondary N) is 2. The number of hydrogen-bond donors (Lipinski definition) is 3. The molecular weight excluding hydrogens is 304 g/mol. The Hall–Kier alpha value is -2.53. The normalized spacial score (nSPS) is 11.6. The Labute approximate surface area is 142 Å². The molecular formula is C19H24N2O3. The molecule has 2 rings (SSSR count). The van der Waals surface area contributed by atoms with Crippen LogP contribution in [-0.2, 0) is 6.61 Å². The van der Waals surface area contributed by atoms with Crippen LogP contribution >= 0.6 is 0 Å². The van der Waals surface area contributed by atoms with Crippen LogP contribution in [-0.4, -0.2) is 24.3 Å². The molecule has 24 heavy (non-hydrogen) atoms. The maximum absolute atomic E-state index is 11.8. The fraction of sp³-hybridized carbons (Fsp3) is 0.316. The van der Waals surface area contributed by atoms with Crippen molar-refractivity contribution < 1.29 is 14.6 Å². The molecule has 128 valence electrons. The number of anilines is 1. The molecule has 1 unspecified atom stereocenters. The van der Waals surface area contributed by atoms with Gasteiger partial charge in [0.15, 0.2) is 0 Å². The quantitative estimate of drug-likeness (QED) is 0.695. The molecule has 3 N–H and O–H groups in total. The minimum absolute atomic E-state index is 0.134. The van der Waals surface area contributed by atoms with Gasteiger partial charge in [0.1, 0.15) is 12.4 Å². The van der Waals surface area contributed by atoms with Crippen molar-refractivity contribution in [2.75, 3.05) is 18.5 Å². The minimum atomic E-state index is -0.252. The lowest BCUT2D eigenvalue weighted by molar-refractivity contribution is 0.243. The predicted molar refractivity (Wildman–Crippen MR) is 95.1 cm³/mol. The van der Waals surface area contributed by atoms with Gasteiger partial charge in [-0.2, -0.15) is 0 Å². The van der Waals surface area contributed by atoms with E-state index >= 15 is 0 Å². The summed E-state index contributed by atoms with van der Waals surface area (Å²) in [6.07, 6.45) is 0.674. The topological polar surface area (TPSA) is 70.6 Å². The van der Waals surface area contributed by atoms with E-state index in [-0.39, 0.29) is 18.6 Å². The second-order valence-corrected chi connectivity index (χ2v) is 5.75. The summed E-state index contributed by atoms with van der Waals surface area (Å²) in [5.41, 5.74) is 1.81. The number of rotatable bonds is 8. The van der Waals surface area contributed by atoms with Gasteiger partial charge in [0.05, 0.1) is 0 Å². The second kappa shape index (κ2) is 9.57. The molecule has 0 aliphatic carbocycles. The van der Waals surface area contributed by atoms with Crippen molar-refractivity contribution in [1.82, 2.24) is 5.32 Å². The average Bonchev–Trinajstić information content (AvgIpc) is 2.61. The van der Waals surface area contributed by atoms with E-state index in [4.69, 9.17) is 9.84 Å². The Morgan fingerprint density at radius 1 is 1.12 bits per heavy atom. The van der Waals surface area contributed by atoms with Gasteiger partial charge in [0.2, 0.25) is 0 Å². The monoisotopic (exact) mass is 328 g/mol. The van der Waals surface area contributed by atoms with E-state index in [2.05, 4.69) is 10.6 Å². The minimum Gasteiger partial charge on any atom is -0.489 e. The fourth-order valence-corrected chi connectivity index (χ4v) is 2.14. The summed E-state index contributed by atoms with van der Waals surface area (Å²) >= 11 is 0. The number of amides is 2. The summed E-state index contributed by atoms with van der Waals surface area (Å²) in [5.74, 6) is 0.996. The number of urea groups is 1. The Balaban J connectivity index is 1.76. The van der Waals surface area contributed by atoms with Crippen LogP contribution in [0.15, 0.2) is 54.6 Å². The molecule has 5 heteroatoms. The van der Waals surface area contributed by atoms with Crippen molar-refractivity contribution in [1.29, 1.82) is 0 Å². The summed E-state index contributed by atoms with van der Waals surface area (Å²) in [6, 6.07) is 17.0. The molecule has 0 bridgehead atoms. The molecule has 2 amide bonds. The van der Waals surface area contributed by atoms with Gasteiger partial charge < -0.3 is 20.5 Å². The van der Waals surface area contributed by atoms with Gasteiger partial charge in [-0.3, -0.25) is 0 Å². The number of carbonyl (C=O) groups is 1. The lowest BCUT2D eigenvalue weighted by Crippen LogP contribution is -2.32. The molecule has 2 aromatic carbocycles. The van der Waals surface area contributed by atoms with Crippen LogP contribution in [0.1, 0.15) is 18.9 Å². The van der Waals surface area contributed by atoms with Gasteiger partial charge in [-0.25, -0.2) is 4.79 Å². The summed E-state index contributed by atoms with van der Waals surface area (Å²) in [4.78, 5) is 11.8.